The SMILES string of the molecule is CC1CCc2c(ccc(/C(C=N)=C/NC3C[S+]([O-])C3)c2OC2CCC2)N1C. The van der Waals surface area contributed by atoms with Crippen LogP contribution in [0, 0.1) is 5.41 Å². The second kappa shape index (κ2) is 7.76. The van der Waals surface area contributed by atoms with Gasteiger partial charge in [0.1, 0.15) is 23.3 Å². The molecule has 5 nitrogen and oxygen atoms in total. The summed E-state index contributed by atoms with van der Waals surface area (Å²) in [6.45, 7) is 2.26. The van der Waals surface area contributed by atoms with Crippen LogP contribution in [-0.2, 0) is 17.6 Å². The van der Waals surface area contributed by atoms with E-state index in [1.807, 2.05) is 6.20 Å². The Morgan fingerprint density at radius 3 is 2.74 bits per heavy atom. The third-order valence-corrected chi connectivity index (χ3v) is 7.69. The molecule has 1 saturated carbocycles. The highest BCUT2D eigenvalue weighted by Gasteiger charge is 2.31. The summed E-state index contributed by atoms with van der Waals surface area (Å²) < 4.78 is 17.8. The molecule has 6 heteroatoms. The lowest BCUT2D eigenvalue weighted by atomic mass is 9.91. The number of ether oxygens (including phenoxy) is 1. The van der Waals surface area contributed by atoms with Gasteiger partial charge in [0.05, 0.1) is 6.10 Å². The van der Waals surface area contributed by atoms with Crippen LogP contribution in [-0.4, -0.2) is 47.5 Å². The van der Waals surface area contributed by atoms with Crippen molar-refractivity contribution in [2.45, 2.75) is 57.2 Å². The first-order chi connectivity index (χ1) is 13.1. The Hall–Kier alpha value is -1.66. The van der Waals surface area contributed by atoms with Crippen LogP contribution in [0.15, 0.2) is 18.3 Å². The highest BCUT2D eigenvalue weighted by molar-refractivity contribution is 7.92. The smallest absolute Gasteiger partial charge is 0.132 e. The van der Waals surface area contributed by atoms with Gasteiger partial charge in [-0.1, -0.05) is 0 Å². The summed E-state index contributed by atoms with van der Waals surface area (Å²) in [5.41, 5.74) is 4.34. The molecule has 1 saturated heterocycles. The molecule has 0 aromatic heterocycles. The predicted octanol–water partition coefficient (Wildman–Crippen LogP) is 3.10. The van der Waals surface area contributed by atoms with Crippen molar-refractivity contribution in [3.05, 3.63) is 29.5 Å². The predicted molar refractivity (Wildman–Crippen MR) is 112 cm³/mol. The van der Waals surface area contributed by atoms with Crippen molar-refractivity contribution >= 4 is 28.7 Å². The highest BCUT2D eigenvalue weighted by atomic mass is 32.2. The lowest BCUT2D eigenvalue weighted by Crippen LogP contribution is -2.49. The Balaban J connectivity index is 1.67. The molecule has 1 aromatic carbocycles. The molecule has 2 heterocycles. The van der Waals surface area contributed by atoms with Gasteiger partial charge in [-0.25, -0.2) is 0 Å². The van der Waals surface area contributed by atoms with Gasteiger partial charge in [-0.3, -0.25) is 0 Å². The van der Waals surface area contributed by atoms with E-state index in [0.29, 0.717) is 23.7 Å². The van der Waals surface area contributed by atoms with Gasteiger partial charge in [-0.2, -0.15) is 0 Å². The molecule has 2 N–H and O–H groups in total. The van der Waals surface area contributed by atoms with Crippen LogP contribution in [0.25, 0.3) is 5.57 Å². The van der Waals surface area contributed by atoms with Gasteiger partial charge in [0.25, 0.3) is 0 Å². The Morgan fingerprint density at radius 2 is 2.11 bits per heavy atom. The number of rotatable bonds is 6. The first kappa shape index (κ1) is 18.7. The zero-order valence-corrected chi connectivity index (χ0v) is 17.0. The van der Waals surface area contributed by atoms with Gasteiger partial charge in [0, 0.05) is 47.9 Å². The molecule has 2 fully saturated rings. The summed E-state index contributed by atoms with van der Waals surface area (Å²) in [6, 6.07) is 5.04. The van der Waals surface area contributed by atoms with Crippen molar-refractivity contribution in [3.8, 4) is 5.75 Å². The summed E-state index contributed by atoms with van der Waals surface area (Å²) in [5, 5.41) is 11.3. The highest BCUT2D eigenvalue weighted by Crippen LogP contribution is 2.42. The van der Waals surface area contributed by atoms with E-state index in [0.717, 1.165) is 42.6 Å². The van der Waals surface area contributed by atoms with Gasteiger partial charge in [-0.15, -0.1) is 0 Å². The molecule has 0 amide bonds. The van der Waals surface area contributed by atoms with E-state index in [9.17, 15) is 4.55 Å². The fraction of sp³-hybridized carbons (Fsp3) is 0.571. The van der Waals surface area contributed by atoms with Gasteiger partial charge in [0.2, 0.25) is 0 Å². The first-order valence-electron chi connectivity index (χ1n) is 9.94. The molecule has 0 radical (unpaired) electrons. The normalized spacial score (nSPS) is 28.0. The van der Waals surface area contributed by atoms with Crippen LogP contribution in [0.1, 0.15) is 43.7 Å². The number of nitrogens with one attached hydrogen (secondary N) is 2. The minimum Gasteiger partial charge on any atom is -0.616 e. The molecule has 0 bridgehead atoms. The summed E-state index contributed by atoms with van der Waals surface area (Å²) >= 11 is -0.677. The molecule has 1 atom stereocenters. The van der Waals surface area contributed by atoms with Crippen LogP contribution in [0.5, 0.6) is 5.75 Å². The molecule has 2 aliphatic heterocycles. The van der Waals surface area contributed by atoms with Crippen LogP contribution in [0.3, 0.4) is 0 Å². The molecule has 0 spiro atoms. The molecule has 1 unspecified atom stereocenters. The summed E-state index contributed by atoms with van der Waals surface area (Å²) in [7, 11) is 2.15. The molecular formula is C21H29N3O2S. The van der Waals surface area contributed by atoms with Gasteiger partial charge in [-0.05, 0) is 62.3 Å². The molecule has 3 aliphatic rings. The largest absolute Gasteiger partial charge is 0.616 e. The maximum atomic E-state index is 11.3. The van der Waals surface area contributed by atoms with E-state index in [2.05, 4.69) is 36.3 Å². The van der Waals surface area contributed by atoms with Crippen molar-refractivity contribution < 1.29 is 9.29 Å². The van der Waals surface area contributed by atoms with Crippen molar-refractivity contribution in [2.75, 3.05) is 23.5 Å². The maximum absolute atomic E-state index is 11.3. The van der Waals surface area contributed by atoms with Crippen LogP contribution < -0.4 is 15.0 Å². The van der Waals surface area contributed by atoms with E-state index >= 15 is 0 Å². The maximum Gasteiger partial charge on any atom is 0.132 e. The third kappa shape index (κ3) is 3.69. The first-order valence-corrected chi connectivity index (χ1v) is 11.4. The van der Waals surface area contributed by atoms with Crippen LogP contribution >= 0.6 is 0 Å². The number of hydrogen-bond donors (Lipinski definition) is 2. The Bertz CT molecular complexity index is 741. The number of benzene rings is 1. The average Bonchev–Trinajstić information content (AvgIpc) is 2.60. The number of nitrogens with zero attached hydrogens (tertiary/aromatic N) is 1. The third-order valence-electron chi connectivity index (χ3n) is 6.14. The van der Waals surface area contributed by atoms with Crippen LogP contribution in [0.4, 0.5) is 5.69 Å². The minimum absolute atomic E-state index is 0.251. The van der Waals surface area contributed by atoms with Crippen molar-refractivity contribution in [1.82, 2.24) is 5.32 Å². The number of anilines is 1. The lowest BCUT2D eigenvalue weighted by Gasteiger charge is -2.37. The van der Waals surface area contributed by atoms with Gasteiger partial charge >= 0.3 is 0 Å². The molecule has 1 aromatic rings. The number of allylic oxidation sites excluding steroid dienone is 1. The Kier molecular flexibility index (Phi) is 5.37. The van der Waals surface area contributed by atoms with Crippen molar-refractivity contribution in [2.24, 2.45) is 0 Å². The monoisotopic (exact) mass is 387 g/mol. The minimum atomic E-state index is -0.677. The molecule has 27 heavy (non-hydrogen) atoms. The Morgan fingerprint density at radius 1 is 1.33 bits per heavy atom. The van der Waals surface area contributed by atoms with Crippen molar-refractivity contribution in [3.63, 3.8) is 0 Å². The molecule has 146 valence electrons. The lowest BCUT2D eigenvalue weighted by molar-refractivity contribution is 0.118. The second-order valence-corrected chi connectivity index (χ2v) is 9.54. The molecule has 1 aliphatic carbocycles. The summed E-state index contributed by atoms with van der Waals surface area (Å²) in [4.78, 5) is 2.34. The molecule has 4 rings (SSSR count). The zero-order valence-electron chi connectivity index (χ0n) is 16.2. The van der Waals surface area contributed by atoms with E-state index in [1.54, 1.807) is 0 Å². The average molecular weight is 388 g/mol. The zero-order chi connectivity index (χ0) is 19.0. The molecular weight excluding hydrogens is 358 g/mol. The number of hydrogen-bond acceptors (Lipinski definition) is 5. The summed E-state index contributed by atoms with van der Waals surface area (Å²) in [5.74, 6) is 2.35. The fourth-order valence-corrected chi connectivity index (χ4v) is 4.88. The van der Waals surface area contributed by atoms with Crippen LogP contribution in [0.2, 0.25) is 0 Å². The van der Waals surface area contributed by atoms with Gasteiger partial charge < -0.3 is 24.9 Å². The standard InChI is InChI=1S/C21H29N3O2S/c1-14-6-7-19-20(24(14)2)9-8-18(21(19)26-17-4-3-5-17)15(10-22)11-23-16-12-27(25)13-16/h8-11,14,16-17,22-23H,3-7,12-13H2,1-2H3/b15-11+,22-10?. The topological polar surface area (TPSA) is 71.4 Å². The van der Waals surface area contributed by atoms with E-state index in [4.69, 9.17) is 10.1 Å². The fourth-order valence-electron chi connectivity index (χ4n) is 3.89. The van der Waals surface area contributed by atoms with Crippen molar-refractivity contribution in [1.29, 1.82) is 5.41 Å². The van der Waals surface area contributed by atoms with E-state index in [-0.39, 0.29) is 6.04 Å². The van der Waals surface area contributed by atoms with E-state index < -0.39 is 11.2 Å². The second-order valence-electron chi connectivity index (χ2n) is 7.99. The van der Waals surface area contributed by atoms with E-state index in [1.165, 1.54) is 23.9 Å². The Labute approximate surface area is 164 Å². The number of fused-ring (bicyclic) bond motifs is 1. The quantitative estimate of drug-likeness (QED) is 0.581. The summed E-state index contributed by atoms with van der Waals surface area (Å²) in [6.07, 6.45) is 9.19. The van der Waals surface area contributed by atoms with Gasteiger partial charge in [0.15, 0.2) is 0 Å².